The van der Waals surface area contributed by atoms with Crippen LogP contribution in [0.5, 0.6) is 0 Å². The predicted molar refractivity (Wildman–Crippen MR) is 78.1 cm³/mol. The maximum absolute atomic E-state index is 12.0. The minimum Gasteiger partial charge on any atom is -0.337 e. The number of nitriles is 1. The SMILES string of the molecule is Cc1nc(CN(C)CC(=O)NC(C)(C#N)C2CC2)cs1. The van der Waals surface area contributed by atoms with Crippen LogP contribution in [-0.4, -0.2) is 34.9 Å². The summed E-state index contributed by atoms with van der Waals surface area (Å²) in [4.78, 5) is 18.3. The van der Waals surface area contributed by atoms with Crippen molar-refractivity contribution in [2.75, 3.05) is 13.6 Å². The van der Waals surface area contributed by atoms with Crippen LogP contribution in [0.15, 0.2) is 5.38 Å². The highest BCUT2D eigenvalue weighted by molar-refractivity contribution is 7.09. The van der Waals surface area contributed by atoms with Gasteiger partial charge in [0.05, 0.1) is 23.3 Å². The van der Waals surface area contributed by atoms with Crippen LogP contribution in [0.25, 0.3) is 0 Å². The van der Waals surface area contributed by atoms with Crippen LogP contribution in [0.1, 0.15) is 30.5 Å². The van der Waals surface area contributed by atoms with E-state index in [1.54, 1.807) is 11.3 Å². The third kappa shape index (κ3) is 3.78. The number of thiazole rings is 1. The first-order valence-corrected chi connectivity index (χ1v) is 7.63. The summed E-state index contributed by atoms with van der Waals surface area (Å²) in [7, 11) is 1.88. The number of hydrogen-bond acceptors (Lipinski definition) is 5. The van der Waals surface area contributed by atoms with Gasteiger partial charge in [-0.1, -0.05) is 0 Å². The van der Waals surface area contributed by atoms with Gasteiger partial charge in [-0.25, -0.2) is 4.98 Å². The third-order valence-corrected chi connectivity index (χ3v) is 4.36. The summed E-state index contributed by atoms with van der Waals surface area (Å²) in [5, 5.41) is 15.1. The van der Waals surface area contributed by atoms with Crippen molar-refractivity contribution in [3.63, 3.8) is 0 Å². The van der Waals surface area contributed by atoms with Gasteiger partial charge in [0.2, 0.25) is 5.91 Å². The fraction of sp³-hybridized carbons (Fsp3) is 0.643. The molecule has 1 aliphatic carbocycles. The Morgan fingerprint density at radius 1 is 1.70 bits per heavy atom. The topological polar surface area (TPSA) is 69.0 Å². The monoisotopic (exact) mass is 292 g/mol. The lowest BCUT2D eigenvalue weighted by molar-refractivity contribution is -0.123. The standard InChI is InChI=1S/C14H20N4OS/c1-10-16-12(8-20-10)6-18(3)7-13(19)17-14(2,9-15)11-4-5-11/h8,11H,4-7H2,1-3H3,(H,17,19). The van der Waals surface area contributed by atoms with Crippen LogP contribution >= 0.6 is 11.3 Å². The van der Waals surface area contributed by atoms with Crippen LogP contribution < -0.4 is 5.32 Å². The molecule has 108 valence electrons. The Bertz CT molecular complexity index is 532. The summed E-state index contributed by atoms with van der Waals surface area (Å²) in [6.07, 6.45) is 2.05. The molecule has 20 heavy (non-hydrogen) atoms. The van der Waals surface area contributed by atoms with E-state index < -0.39 is 5.54 Å². The minimum absolute atomic E-state index is 0.101. The lowest BCUT2D eigenvalue weighted by Crippen LogP contribution is -2.49. The maximum atomic E-state index is 12.0. The molecule has 0 spiro atoms. The molecule has 5 nitrogen and oxygen atoms in total. The molecule has 0 radical (unpaired) electrons. The fourth-order valence-corrected chi connectivity index (χ4v) is 2.87. The fourth-order valence-electron chi connectivity index (χ4n) is 2.27. The second-order valence-corrected chi connectivity index (χ2v) is 6.73. The minimum atomic E-state index is -0.713. The summed E-state index contributed by atoms with van der Waals surface area (Å²) in [5.41, 5.74) is 0.267. The number of nitrogens with zero attached hydrogens (tertiary/aromatic N) is 3. The van der Waals surface area contributed by atoms with Gasteiger partial charge in [-0.15, -0.1) is 11.3 Å². The van der Waals surface area contributed by atoms with E-state index in [0.717, 1.165) is 23.5 Å². The van der Waals surface area contributed by atoms with Gasteiger partial charge in [0.15, 0.2) is 0 Å². The summed E-state index contributed by atoms with van der Waals surface area (Å²) >= 11 is 1.61. The average molecular weight is 292 g/mol. The molecule has 1 heterocycles. The molecule has 0 aliphatic heterocycles. The Kier molecular flexibility index (Phi) is 4.41. The number of carbonyl (C=O) groups excluding carboxylic acids is 1. The van der Waals surface area contributed by atoms with Crippen molar-refractivity contribution >= 4 is 17.2 Å². The Labute approximate surface area is 123 Å². The van der Waals surface area contributed by atoms with Crippen molar-refractivity contribution in [3.05, 3.63) is 16.1 Å². The molecule has 2 rings (SSSR count). The van der Waals surface area contributed by atoms with E-state index in [4.69, 9.17) is 0 Å². The molecule has 1 atom stereocenters. The molecule has 0 saturated heterocycles. The molecule has 1 unspecified atom stereocenters. The van der Waals surface area contributed by atoms with Crippen molar-refractivity contribution in [1.82, 2.24) is 15.2 Å². The molecule has 1 aromatic rings. The first-order valence-electron chi connectivity index (χ1n) is 6.75. The number of rotatable bonds is 6. The van der Waals surface area contributed by atoms with E-state index in [9.17, 15) is 10.1 Å². The Morgan fingerprint density at radius 3 is 2.90 bits per heavy atom. The number of aryl methyl sites for hydroxylation is 1. The van der Waals surface area contributed by atoms with Crippen LogP contribution in [0.3, 0.4) is 0 Å². The number of aromatic nitrogens is 1. The summed E-state index contributed by atoms with van der Waals surface area (Å²) in [6, 6.07) is 2.24. The van der Waals surface area contributed by atoms with Crippen molar-refractivity contribution in [2.24, 2.45) is 5.92 Å². The van der Waals surface area contributed by atoms with Crippen molar-refractivity contribution in [1.29, 1.82) is 5.26 Å². The lowest BCUT2D eigenvalue weighted by atomic mass is 9.98. The summed E-state index contributed by atoms with van der Waals surface area (Å²) in [6.45, 7) is 4.70. The third-order valence-electron chi connectivity index (χ3n) is 3.54. The molecule has 0 bridgehead atoms. The molecule has 1 amide bonds. The highest BCUT2D eigenvalue weighted by Crippen LogP contribution is 2.39. The molecular formula is C14H20N4OS. The van der Waals surface area contributed by atoms with Gasteiger partial charge in [-0.2, -0.15) is 5.26 Å². The Morgan fingerprint density at radius 2 is 2.40 bits per heavy atom. The van der Waals surface area contributed by atoms with Crippen LogP contribution in [0.4, 0.5) is 0 Å². The van der Waals surface area contributed by atoms with E-state index in [1.165, 1.54) is 0 Å². The maximum Gasteiger partial charge on any atom is 0.235 e. The van der Waals surface area contributed by atoms with E-state index in [-0.39, 0.29) is 12.5 Å². The molecule has 6 heteroatoms. The molecule has 1 aromatic heterocycles. The second kappa shape index (κ2) is 5.90. The number of amides is 1. The van der Waals surface area contributed by atoms with Gasteiger partial charge in [0, 0.05) is 11.9 Å². The number of nitrogens with one attached hydrogen (secondary N) is 1. The van der Waals surface area contributed by atoms with Gasteiger partial charge in [-0.3, -0.25) is 9.69 Å². The van der Waals surface area contributed by atoms with E-state index in [0.29, 0.717) is 12.5 Å². The van der Waals surface area contributed by atoms with Gasteiger partial charge in [-0.05, 0) is 39.7 Å². The largest absolute Gasteiger partial charge is 0.337 e. The number of carbonyl (C=O) groups is 1. The molecule has 1 aliphatic rings. The zero-order valence-electron chi connectivity index (χ0n) is 12.1. The molecule has 1 fully saturated rings. The van der Waals surface area contributed by atoms with Gasteiger partial charge in [0.1, 0.15) is 5.54 Å². The molecular weight excluding hydrogens is 272 g/mol. The van der Waals surface area contributed by atoms with Crippen LogP contribution in [-0.2, 0) is 11.3 Å². The van der Waals surface area contributed by atoms with E-state index in [1.807, 2.05) is 31.2 Å². The zero-order chi connectivity index (χ0) is 14.8. The Hall–Kier alpha value is -1.45. The van der Waals surface area contributed by atoms with Gasteiger partial charge >= 0.3 is 0 Å². The van der Waals surface area contributed by atoms with Gasteiger partial charge in [0.25, 0.3) is 0 Å². The highest BCUT2D eigenvalue weighted by Gasteiger charge is 2.43. The van der Waals surface area contributed by atoms with Crippen LogP contribution in [0, 0.1) is 24.2 Å². The first-order chi connectivity index (χ1) is 9.43. The van der Waals surface area contributed by atoms with Crippen molar-refractivity contribution in [3.8, 4) is 6.07 Å². The quantitative estimate of drug-likeness (QED) is 0.866. The summed E-state index contributed by atoms with van der Waals surface area (Å²) in [5.74, 6) is 0.207. The van der Waals surface area contributed by atoms with E-state index >= 15 is 0 Å². The van der Waals surface area contributed by atoms with Crippen molar-refractivity contribution < 1.29 is 4.79 Å². The molecule has 1 N–H and O–H groups in total. The first kappa shape index (κ1) is 14.9. The number of hydrogen-bond donors (Lipinski definition) is 1. The second-order valence-electron chi connectivity index (χ2n) is 5.67. The van der Waals surface area contributed by atoms with Gasteiger partial charge < -0.3 is 5.32 Å². The highest BCUT2D eigenvalue weighted by atomic mass is 32.1. The lowest BCUT2D eigenvalue weighted by Gasteiger charge is -2.24. The molecule has 0 aromatic carbocycles. The normalized spacial score (nSPS) is 17.6. The predicted octanol–water partition coefficient (Wildman–Crippen LogP) is 1.69. The number of likely N-dealkylation sites (N-methyl/N-ethyl adjacent to an activating group) is 1. The van der Waals surface area contributed by atoms with E-state index in [2.05, 4.69) is 16.4 Å². The van der Waals surface area contributed by atoms with Crippen molar-refractivity contribution in [2.45, 2.75) is 38.8 Å². The Balaban J connectivity index is 1.83. The van der Waals surface area contributed by atoms with Crippen LogP contribution in [0.2, 0.25) is 0 Å². The zero-order valence-corrected chi connectivity index (χ0v) is 13.0. The molecule has 1 saturated carbocycles. The smallest absolute Gasteiger partial charge is 0.235 e. The summed E-state index contributed by atoms with van der Waals surface area (Å²) < 4.78 is 0. The average Bonchev–Trinajstić information content (AvgIpc) is 3.14.